The normalized spacial score (nSPS) is 10.6. The third-order valence-electron chi connectivity index (χ3n) is 3.72. The zero-order valence-corrected chi connectivity index (χ0v) is 15.1. The van der Waals surface area contributed by atoms with Crippen molar-refractivity contribution in [3.05, 3.63) is 53.1 Å². The van der Waals surface area contributed by atoms with E-state index in [9.17, 15) is 4.79 Å². The molecule has 0 aliphatic heterocycles. The molecule has 0 spiro atoms. The first-order chi connectivity index (χ1) is 12.5. The smallest absolute Gasteiger partial charge is 0.314 e. The summed E-state index contributed by atoms with van der Waals surface area (Å²) in [4.78, 5) is 25.4. The van der Waals surface area contributed by atoms with Crippen LogP contribution in [0.1, 0.15) is 27.6 Å². The number of amides is 1. The van der Waals surface area contributed by atoms with Crippen LogP contribution in [0, 0.1) is 13.8 Å². The van der Waals surface area contributed by atoms with Crippen LogP contribution in [0.4, 0.5) is 0 Å². The highest BCUT2D eigenvalue weighted by Gasteiger charge is 2.12. The quantitative estimate of drug-likeness (QED) is 0.753. The van der Waals surface area contributed by atoms with Crippen LogP contribution in [0.2, 0.25) is 0 Å². The fraction of sp³-hybridized carbons (Fsp3) is 0.278. The molecular weight excluding hydrogens is 332 g/mol. The topological polar surface area (TPSA) is 94.8 Å². The minimum atomic E-state index is -0.211. The maximum Gasteiger partial charge on any atom is 0.314 e. The zero-order valence-electron chi connectivity index (χ0n) is 15.1. The van der Waals surface area contributed by atoms with Crippen molar-refractivity contribution in [2.75, 3.05) is 7.11 Å². The molecule has 2 heterocycles. The summed E-state index contributed by atoms with van der Waals surface area (Å²) in [6, 6.07) is 9.41. The van der Waals surface area contributed by atoms with Crippen LogP contribution in [0.3, 0.4) is 0 Å². The second kappa shape index (κ2) is 7.30. The van der Waals surface area contributed by atoms with Crippen molar-refractivity contribution in [1.82, 2.24) is 30.0 Å². The number of methoxy groups -OCH3 is 1. The molecule has 0 saturated heterocycles. The summed E-state index contributed by atoms with van der Waals surface area (Å²) in [7, 11) is 3.28. The molecule has 26 heavy (non-hydrogen) atoms. The Morgan fingerprint density at radius 3 is 2.54 bits per heavy atom. The number of benzene rings is 1. The zero-order chi connectivity index (χ0) is 18.7. The van der Waals surface area contributed by atoms with Gasteiger partial charge in [0.05, 0.1) is 13.7 Å². The van der Waals surface area contributed by atoms with Crippen molar-refractivity contribution in [1.29, 1.82) is 0 Å². The molecule has 0 aliphatic carbocycles. The Morgan fingerprint density at radius 1 is 1.15 bits per heavy atom. The molecule has 8 heteroatoms. The molecule has 0 atom stereocenters. The van der Waals surface area contributed by atoms with Crippen LogP contribution < -0.4 is 10.1 Å². The van der Waals surface area contributed by atoms with Crippen LogP contribution in [0.5, 0.6) is 6.01 Å². The average Bonchev–Trinajstić information content (AvgIpc) is 3.00. The number of aryl methyl sites for hydroxylation is 3. The van der Waals surface area contributed by atoms with Gasteiger partial charge in [-0.15, -0.1) is 5.10 Å². The number of nitrogens with one attached hydrogen (secondary N) is 1. The lowest BCUT2D eigenvalue weighted by atomic mass is 10.1. The molecule has 8 nitrogen and oxygen atoms in total. The minimum absolute atomic E-state index is 0.211. The summed E-state index contributed by atoms with van der Waals surface area (Å²) >= 11 is 0. The second-order valence-corrected chi connectivity index (χ2v) is 5.88. The lowest BCUT2D eigenvalue weighted by Gasteiger charge is -2.07. The number of carbonyl (C=O) groups is 1. The van der Waals surface area contributed by atoms with Crippen molar-refractivity contribution < 1.29 is 9.53 Å². The van der Waals surface area contributed by atoms with E-state index in [2.05, 4.69) is 25.4 Å². The van der Waals surface area contributed by atoms with Gasteiger partial charge in [0, 0.05) is 29.6 Å². The molecule has 1 N–H and O–H groups in total. The highest BCUT2D eigenvalue weighted by atomic mass is 16.5. The third kappa shape index (κ3) is 3.85. The van der Waals surface area contributed by atoms with Crippen LogP contribution in [0.25, 0.3) is 11.4 Å². The van der Waals surface area contributed by atoms with E-state index >= 15 is 0 Å². The van der Waals surface area contributed by atoms with Crippen LogP contribution >= 0.6 is 0 Å². The van der Waals surface area contributed by atoms with Crippen molar-refractivity contribution in [3.8, 4) is 17.4 Å². The van der Waals surface area contributed by atoms with E-state index in [4.69, 9.17) is 4.74 Å². The Bertz CT molecular complexity index is 930. The molecule has 1 aromatic carbocycles. The standard InChI is InChI=1S/C18H20N6O2/c1-11-8-12(2)21-15(20-11)10-19-17(25)14-7-5-6-13(9-14)16-22-18(26-4)24(3)23-16/h5-9H,10H2,1-4H3,(H,19,25). The van der Waals surface area contributed by atoms with Gasteiger partial charge >= 0.3 is 6.01 Å². The molecule has 0 unspecified atom stereocenters. The molecule has 0 saturated carbocycles. The second-order valence-electron chi connectivity index (χ2n) is 5.88. The van der Waals surface area contributed by atoms with Gasteiger partial charge in [0.2, 0.25) is 0 Å². The maximum atomic E-state index is 12.5. The van der Waals surface area contributed by atoms with E-state index < -0.39 is 0 Å². The Morgan fingerprint density at radius 2 is 1.88 bits per heavy atom. The summed E-state index contributed by atoms with van der Waals surface area (Å²) in [5.74, 6) is 0.872. The highest BCUT2D eigenvalue weighted by molar-refractivity contribution is 5.95. The van der Waals surface area contributed by atoms with Crippen molar-refractivity contribution in [2.45, 2.75) is 20.4 Å². The van der Waals surface area contributed by atoms with Gasteiger partial charge in [0.15, 0.2) is 5.82 Å². The Kier molecular flexibility index (Phi) is 4.92. The van der Waals surface area contributed by atoms with Gasteiger partial charge in [-0.1, -0.05) is 12.1 Å². The van der Waals surface area contributed by atoms with E-state index in [1.165, 1.54) is 7.11 Å². The Labute approximate surface area is 151 Å². The predicted molar refractivity (Wildman–Crippen MR) is 95.7 cm³/mol. The predicted octanol–water partition coefficient (Wildman–Crippen LogP) is 1.83. The van der Waals surface area contributed by atoms with E-state index in [0.717, 1.165) is 17.0 Å². The summed E-state index contributed by atoms with van der Waals surface area (Å²) in [5, 5.41) is 7.14. The molecular formula is C18H20N6O2. The number of hydrogen-bond acceptors (Lipinski definition) is 6. The molecule has 134 valence electrons. The van der Waals surface area contributed by atoms with E-state index in [0.29, 0.717) is 23.2 Å². The SMILES string of the molecule is COc1nc(-c2cccc(C(=O)NCc3nc(C)cc(C)n3)c2)nn1C. The largest absolute Gasteiger partial charge is 0.467 e. The number of rotatable bonds is 5. The fourth-order valence-corrected chi connectivity index (χ4v) is 2.61. The molecule has 0 aliphatic rings. The van der Waals surface area contributed by atoms with Gasteiger partial charge in [0.1, 0.15) is 5.82 Å². The highest BCUT2D eigenvalue weighted by Crippen LogP contribution is 2.19. The Hall–Kier alpha value is -3.29. The molecule has 3 rings (SSSR count). The van der Waals surface area contributed by atoms with Gasteiger partial charge in [-0.25, -0.2) is 14.6 Å². The first kappa shape index (κ1) is 17.5. The molecule has 0 fully saturated rings. The summed E-state index contributed by atoms with van der Waals surface area (Å²) in [6.45, 7) is 4.07. The van der Waals surface area contributed by atoms with Gasteiger partial charge in [-0.3, -0.25) is 4.79 Å². The van der Waals surface area contributed by atoms with E-state index in [1.807, 2.05) is 26.0 Å². The van der Waals surface area contributed by atoms with Crippen LogP contribution in [0.15, 0.2) is 30.3 Å². The van der Waals surface area contributed by atoms with Gasteiger partial charge < -0.3 is 10.1 Å². The Balaban J connectivity index is 1.75. The maximum absolute atomic E-state index is 12.5. The van der Waals surface area contributed by atoms with Crippen molar-refractivity contribution in [2.24, 2.45) is 7.05 Å². The third-order valence-corrected chi connectivity index (χ3v) is 3.72. The number of carbonyl (C=O) groups excluding carboxylic acids is 1. The monoisotopic (exact) mass is 352 g/mol. The van der Waals surface area contributed by atoms with Gasteiger partial charge in [-0.2, -0.15) is 4.98 Å². The summed E-state index contributed by atoms with van der Waals surface area (Å²) < 4.78 is 6.67. The van der Waals surface area contributed by atoms with Crippen molar-refractivity contribution >= 4 is 5.91 Å². The summed E-state index contributed by atoms with van der Waals surface area (Å²) in [5.41, 5.74) is 3.00. The number of ether oxygens (including phenoxy) is 1. The first-order valence-electron chi connectivity index (χ1n) is 8.11. The number of aromatic nitrogens is 5. The van der Waals surface area contributed by atoms with Crippen molar-refractivity contribution in [3.63, 3.8) is 0 Å². The lowest BCUT2D eigenvalue weighted by molar-refractivity contribution is 0.0950. The molecule has 1 amide bonds. The van der Waals surface area contributed by atoms with Gasteiger partial charge in [-0.05, 0) is 32.0 Å². The first-order valence-corrected chi connectivity index (χ1v) is 8.11. The van der Waals surface area contributed by atoms with E-state index in [-0.39, 0.29) is 12.5 Å². The molecule has 0 radical (unpaired) electrons. The fourth-order valence-electron chi connectivity index (χ4n) is 2.61. The molecule has 3 aromatic rings. The minimum Gasteiger partial charge on any atom is -0.467 e. The van der Waals surface area contributed by atoms with E-state index in [1.54, 1.807) is 29.9 Å². The molecule has 2 aromatic heterocycles. The molecule has 0 bridgehead atoms. The van der Waals surface area contributed by atoms with Crippen LogP contribution in [-0.4, -0.2) is 37.7 Å². The summed E-state index contributed by atoms with van der Waals surface area (Å²) in [6.07, 6.45) is 0. The lowest BCUT2D eigenvalue weighted by Crippen LogP contribution is -2.24. The average molecular weight is 352 g/mol. The number of hydrogen-bond donors (Lipinski definition) is 1. The van der Waals surface area contributed by atoms with Crippen LogP contribution in [-0.2, 0) is 13.6 Å². The number of nitrogens with zero attached hydrogens (tertiary/aromatic N) is 5. The van der Waals surface area contributed by atoms with Gasteiger partial charge in [0.25, 0.3) is 5.91 Å².